The summed E-state index contributed by atoms with van der Waals surface area (Å²) in [5, 5.41) is 6.01. The Balaban J connectivity index is 1.55. The number of fused-ring (bicyclic) bond motifs is 1. The summed E-state index contributed by atoms with van der Waals surface area (Å²) < 4.78 is 13.9. The van der Waals surface area contributed by atoms with Gasteiger partial charge in [-0.2, -0.15) is 0 Å². The van der Waals surface area contributed by atoms with E-state index in [0.717, 1.165) is 16.9 Å². The van der Waals surface area contributed by atoms with Gasteiger partial charge in [0.25, 0.3) is 5.91 Å². The molecule has 1 amide bonds. The highest BCUT2D eigenvalue weighted by atomic mass is 35.5. The third-order valence-electron chi connectivity index (χ3n) is 6.97. The van der Waals surface area contributed by atoms with Crippen LogP contribution in [0.4, 0.5) is 15.8 Å². The number of halogens is 2. The third kappa shape index (κ3) is 4.37. The van der Waals surface area contributed by atoms with E-state index in [1.165, 1.54) is 23.5 Å². The number of anilines is 2. The first kappa shape index (κ1) is 23.6. The van der Waals surface area contributed by atoms with Gasteiger partial charge in [-0.15, -0.1) is 11.3 Å². The van der Waals surface area contributed by atoms with Crippen LogP contribution in [-0.4, -0.2) is 11.7 Å². The van der Waals surface area contributed by atoms with Crippen molar-refractivity contribution in [2.24, 2.45) is 0 Å². The summed E-state index contributed by atoms with van der Waals surface area (Å²) >= 11 is 7.45. The molecule has 4 nitrogen and oxygen atoms in total. The third-order valence-corrected chi connectivity index (χ3v) is 8.08. The first-order valence-electron chi connectivity index (χ1n) is 12.0. The summed E-state index contributed by atoms with van der Waals surface area (Å²) in [7, 11) is 0. The van der Waals surface area contributed by atoms with Crippen LogP contribution in [0.5, 0.6) is 0 Å². The number of rotatable bonds is 3. The number of thiophene rings is 1. The van der Waals surface area contributed by atoms with Gasteiger partial charge >= 0.3 is 0 Å². The van der Waals surface area contributed by atoms with Crippen molar-refractivity contribution in [3.8, 4) is 0 Å². The fourth-order valence-electron chi connectivity index (χ4n) is 5.26. The van der Waals surface area contributed by atoms with Crippen LogP contribution < -0.4 is 10.2 Å². The maximum Gasteiger partial charge on any atom is 0.269 e. The largest absolute Gasteiger partial charge is 0.357 e. The van der Waals surface area contributed by atoms with Gasteiger partial charge in [0.1, 0.15) is 5.82 Å². The number of carbonyl (C=O) groups is 2. The molecule has 1 N–H and O–H groups in total. The van der Waals surface area contributed by atoms with Gasteiger partial charge in [0.15, 0.2) is 5.78 Å². The predicted octanol–water partition coefficient (Wildman–Crippen LogP) is 7.76. The standard InChI is InChI=1S/C30H22ClFN2O2S/c31-21-11-7-18(8-12-21)20-16-24-28(26(35)17-20)29(19-9-13-22(32)14-10-19)34(30(36)27-6-3-15-37-27)25-5-2-1-4-23(25)33-24/h1-15,20,29,33H,16-17H2/t20-,29-/m1/s1. The molecule has 7 heteroatoms. The Morgan fingerprint density at radius 1 is 0.919 bits per heavy atom. The van der Waals surface area contributed by atoms with E-state index >= 15 is 0 Å². The number of ketones is 1. The van der Waals surface area contributed by atoms with Crippen molar-refractivity contribution in [1.82, 2.24) is 0 Å². The van der Waals surface area contributed by atoms with E-state index in [2.05, 4.69) is 5.32 Å². The lowest BCUT2D eigenvalue weighted by Crippen LogP contribution is -2.38. The Morgan fingerprint density at radius 2 is 1.65 bits per heavy atom. The van der Waals surface area contributed by atoms with E-state index in [0.29, 0.717) is 39.6 Å². The van der Waals surface area contributed by atoms with Gasteiger partial charge < -0.3 is 5.32 Å². The topological polar surface area (TPSA) is 49.4 Å². The minimum atomic E-state index is -0.708. The Kier molecular flexibility index (Phi) is 6.14. The molecule has 0 radical (unpaired) electrons. The maximum absolute atomic E-state index is 14.0. The molecule has 2 atom stereocenters. The molecule has 0 unspecified atom stereocenters. The number of carbonyl (C=O) groups excluding carboxylic acids is 2. The number of nitrogens with one attached hydrogen (secondary N) is 1. The predicted molar refractivity (Wildman–Crippen MR) is 146 cm³/mol. The second-order valence-corrected chi connectivity index (χ2v) is 10.6. The summed E-state index contributed by atoms with van der Waals surface area (Å²) in [5.74, 6) is -0.657. The lowest BCUT2D eigenvalue weighted by molar-refractivity contribution is -0.116. The lowest BCUT2D eigenvalue weighted by Gasteiger charge is -2.35. The zero-order chi connectivity index (χ0) is 25.5. The van der Waals surface area contributed by atoms with E-state index < -0.39 is 6.04 Å². The number of hydrogen-bond acceptors (Lipinski definition) is 4. The summed E-state index contributed by atoms with van der Waals surface area (Å²) in [6, 6.07) is 24.1. The summed E-state index contributed by atoms with van der Waals surface area (Å²) in [4.78, 5) is 30.2. The number of benzene rings is 3. The molecular weight excluding hydrogens is 507 g/mol. The number of para-hydroxylation sites is 2. The molecule has 0 saturated carbocycles. The highest BCUT2D eigenvalue weighted by Gasteiger charge is 2.42. The fourth-order valence-corrected chi connectivity index (χ4v) is 6.05. The smallest absolute Gasteiger partial charge is 0.269 e. The second kappa shape index (κ2) is 9.61. The first-order chi connectivity index (χ1) is 18.0. The average molecular weight is 529 g/mol. The SMILES string of the molecule is O=C1C[C@H](c2ccc(Cl)cc2)CC2=C1[C@@H](c1ccc(F)cc1)N(C(=O)c1cccs1)c1ccccc1N2. The Hall–Kier alpha value is -3.74. The average Bonchev–Trinajstić information content (AvgIpc) is 3.39. The maximum atomic E-state index is 14.0. The zero-order valence-electron chi connectivity index (χ0n) is 19.7. The van der Waals surface area contributed by atoms with Crippen LogP contribution in [0.3, 0.4) is 0 Å². The molecule has 6 rings (SSSR count). The monoisotopic (exact) mass is 528 g/mol. The summed E-state index contributed by atoms with van der Waals surface area (Å²) in [5.41, 5.74) is 4.44. The molecule has 2 heterocycles. The van der Waals surface area contributed by atoms with Crippen molar-refractivity contribution in [2.45, 2.75) is 24.8 Å². The van der Waals surface area contributed by atoms with Crippen LogP contribution in [0.25, 0.3) is 0 Å². The van der Waals surface area contributed by atoms with Crippen LogP contribution in [0.15, 0.2) is 102 Å². The molecule has 0 saturated heterocycles. The number of allylic oxidation sites excluding steroid dienone is 1. The van der Waals surface area contributed by atoms with Gasteiger partial charge in [0.05, 0.1) is 22.3 Å². The number of hydrogen-bond donors (Lipinski definition) is 1. The Morgan fingerprint density at radius 3 is 2.38 bits per heavy atom. The molecule has 37 heavy (non-hydrogen) atoms. The molecule has 1 aliphatic heterocycles. The highest BCUT2D eigenvalue weighted by Crippen LogP contribution is 2.48. The van der Waals surface area contributed by atoms with Crippen molar-refractivity contribution in [3.63, 3.8) is 0 Å². The van der Waals surface area contributed by atoms with E-state index in [-0.39, 0.29) is 23.4 Å². The molecule has 184 valence electrons. The van der Waals surface area contributed by atoms with Crippen molar-refractivity contribution in [3.05, 3.63) is 128 Å². The molecule has 0 spiro atoms. The minimum absolute atomic E-state index is 0.0309. The first-order valence-corrected chi connectivity index (χ1v) is 13.3. The van der Waals surface area contributed by atoms with Crippen LogP contribution in [0.1, 0.15) is 45.6 Å². The summed E-state index contributed by atoms with van der Waals surface area (Å²) in [6.07, 6.45) is 0.896. The Labute approximate surface area is 223 Å². The second-order valence-electron chi connectivity index (χ2n) is 9.22. The summed E-state index contributed by atoms with van der Waals surface area (Å²) in [6.45, 7) is 0. The number of amides is 1. The normalized spacial score (nSPS) is 19.1. The van der Waals surface area contributed by atoms with Crippen LogP contribution in [0, 0.1) is 5.82 Å². The van der Waals surface area contributed by atoms with E-state index in [1.807, 2.05) is 60.0 Å². The van der Waals surface area contributed by atoms with E-state index in [4.69, 9.17) is 11.6 Å². The zero-order valence-corrected chi connectivity index (χ0v) is 21.2. The molecule has 0 fully saturated rings. The van der Waals surface area contributed by atoms with Gasteiger partial charge in [-0.25, -0.2) is 4.39 Å². The van der Waals surface area contributed by atoms with Gasteiger partial charge in [-0.3, -0.25) is 14.5 Å². The molecule has 1 aromatic heterocycles. The lowest BCUT2D eigenvalue weighted by atomic mass is 9.78. The fraction of sp³-hybridized carbons (Fsp3) is 0.133. The molecule has 3 aromatic carbocycles. The molecule has 4 aromatic rings. The van der Waals surface area contributed by atoms with Gasteiger partial charge in [0, 0.05) is 22.7 Å². The van der Waals surface area contributed by atoms with Crippen molar-refractivity contribution < 1.29 is 14.0 Å². The molecule has 1 aliphatic carbocycles. The van der Waals surface area contributed by atoms with Crippen molar-refractivity contribution in [1.29, 1.82) is 0 Å². The van der Waals surface area contributed by atoms with Crippen LogP contribution in [-0.2, 0) is 4.79 Å². The van der Waals surface area contributed by atoms with Gasteiger partial charge in [0.2, 0.25) is 0 Å². The van der Waals surface area contributed by atoms with Gasteiger partial charge in [-0.05, 0) is 71.3 Å². The van der Waals surface area contributed by atoms with Crippen LogP contribution >= 0.6 is 22.9 Å². The minimum Gasteiger partial charge on any atom is -0.357 e. The Bertz CT molecular complexity index is 1510. The molecule has 2 aliphatic rings. The van der Waals surface area contributed by atoms with Crippen molar-refractivity contribution >= 4 is 46.0 Å². The van der Waals surface area contributed by atoms with Crippen molar-refractivity contribution in [2.75, 3.05) is 10.2 Å². The molecular formula is C30H22ClFN2O2S. The van der Waals surface area contributed by atoms with Crippen LogP contribution in [0.2, 0.25) is 5.02 Å². The van der Waals surface area contributed by atoms with Gasteiger partial charge in [-0.1, -0.05) is 54.1 Å². The number of nitrogens with zero attached hydrogens (tertiary/aromatic N) is 1. The number of Topliss-reactive ketones (excluding diaryl/α,β-unsaturated/α-hetero) is 1. The van der Waals surface area contributed by atoms with E-state index in [9.17, 15) is 14.0 Å². The quantitative estimate of drug-likeness (QED) is 0.295. The highest BCUT2D eigenvalue weighted by molar-refractivity contribution is 7.12. The molecule has 0 bridgehead atoms. The van der Waals surface area contributed by atoms with E-state index in [1.54, 1.807) is 23.1 Å².